The average Bonchev–Trinajstić information content (AvgIpc) is 3.38. The van der Waals surface area contributed by atoms with E-state index in [1.165, 1.54) is 26.8 Å². The van der Waals surface area contributed by atoms with Gasteiger partial charge in [0.25, 0.3) is 5.91 Å². The van der Waals surface area contributed by atoms with Crippen LogP contribution in [-0.2, 0) is 5.54 Å². The van der Waals surface area contributed by atoms with Crippen LogP contribution in [0.2, 0.25) is 0 Å². The van der Waals surface area contributed by atoms with Gasteiger partial charge in [0.15, 0.2) is 0 Å². The Balaban J connectivity index is 1.45. The molecule has 1 aliphatic carbocycles. The second kappa shape index (κ2) is 9.24. The van der Waals surface area contributed by atoms with Crippen LogP contribution >= 0.6 is 11.3 Å². The summed E-state index contributed by atoms with van der Waals surface area (Å²) in [4.78, 5) is 16.8. The lowest BCUT2D eigenvalue weighted by Gasteiger charge is -2.22. The molecule has 0 atom stereocenters. The van der Waals surface area contributed by atoms with Crippen molar-refractivity contribution in [3.05, 3.63) is 88.8 Å². The third-order valence-electron chi connectivity index (χ3n) is 6.55. The molecule has 1 aromatic heterocycles. The molecule has 5 rings (SSSR count). The smallest absolute Gasteiger partial charge is 0.252 e. The van der Waals surface area contributed by atoms with Crippen molar-refractivity contribution in [3.63, 3.8) is 0 Å². The maximum Gasteiger partial charge on any atom is 0.252 e. The number of fused-ring (bicyclic) bond motifs is 1. The van der Waals surface area contributed by atoms with Gasteiger partial charge in [-0.3, -0.25) is 4.79 Å². The summed E-state index contributed by atoms with van der Waals surface area (Å²) in [6.07, 6.45) is 1.88. The van der Waals surface area contributed by atoms with Crippen molar-refractivity contribution in [2.45, 2.75) is 25.3 Å². The minimum absolute atomic E-state index is 0.0429. The highest BCUT2D eigenvalue weighted by Gasteiger charge is 2.47. The minimum Gasteiger partial charge on any atom is -0.492 e. The number of carbonyl (C=O) groups excluding carboxylic acids is 1. The minimum atomic E-state index is -0.335. The summed E-state index contributed by atoms with van der Waals surface area (Å²) in [5, 5.41) is 7.93. The lowest BCUT2D eigenvalue weighted by Crippen LogP contribution is -2.35. The molecular formula is C29H30N2O2S. The zero-order chi connectivity index (χ0) is 23.7. The van der Waals surface area contributed by atoms with Crippen LogP contribution in [0, 0.1) is 6.92 Å². The Morgan fingerprint density at radius 3 is 2.62 bits per heavy atom. The third kappa shape index (κ3) is 4.59. The largest absolute Gasteiger partial charge is 0.492 e. The second-order valence-electron chi connectivity index (χ2n) is 9.39. The first-order valence-corrected chi connectivity index (χ1v) is 12.6. The van der Waals surface area contributed by atoms with Crippen molar-refractivity contribution < 1.29 is 9.53 Å². The van der Waals surface area contributed by atoms with Crippen molar-refractivity contribution in [2.24, 2.45) is 0 Å². The van der Waals surface area contributed by atoms with E-state index in [0.29, 0.717) is 12.2 Å². The van der Waals surface area contributed by atoms with Gasteiger partial charge in [-0.05, 0) is 97.0 Å². The van der Waals surface area contributed by atoms with Crippen LogP contribution in [0.3, 0.4) is 0 Å². The van der Waals surface area contributed by atoms with E-state index < -0.39 is 0 Å². The van der Waals surface area contributed by atoms with Crippen LogP contribution in [0.5, 0.6) is 5.75 Å². The summed E-state index contributed by atoms with van der Waals surface area (Å²) >= 11 is 1.74. The summed E-state index contributed by atoms with van der Waals surface area (Å²) in [6.45, 7) is 3.39. The Morgan fingerprint density at radius 1 is 1.06 bits per heavy atom. The summed E-state index contributed by atoms with van der Waals surface area (Å²) in [5.74, 6) is 0.686. The molecule has 174 valence electrons. The molecule has 0 unspecified atom stereocenters. The van der Waals surface area contributed by atoms with Gasteiger partial charge in [0.05, 0.1) is 5.54 Å². The molecule has 1 fully saturated rings. The van der Waals surface area contributed by atoms with Crippen molar-refractivity contribution >= 4 is 28.0 Å². The Kier molecular flexibility index (Phi) is 6.15. The highest BCUT2D eigenvalue weighted by Crippen LogP contribution is 2.49. The molecule has 0 spiro atoms. The summed E-state index contributed by atoms with van der Waals surface area (Å²) < 4.78 is 5.89. The predicted molar refractivity (Wildman–Crippen MR) is 141 cm³/mol. The van der Waals surface area contributed by atoms with E-state index in [2.05, 4.69) is 64.1 Å². The standard InChI is InChI=1S/C29H30N2O2S/c1-20-10-11-23(33-15-14-31(2)3)19-25(20)28(32)30-29(12-13-29)26-18-22(27-9-6-16-34-27)17-21-7-4-5-8-24(21)26/h4-11,16-19H,12-15H2,1-3H3,(H,30,32). The lowest BCUT2D eigenvalue weighted by molar-refractivity contribution is 0.0930. The Bertz CT molecular complexity index is 1320. The Morgan fingerprint density at radius 2 is 1.88 bits per heavy atom. The number of nitrogens with zero attached hydrogens (tertiary/aromatic N) is 1. The van der Waals surface area contributed by atoms with E-state index in [1.54, 1.807) is 11.3 Å². The molecule has 0 radical (unpaired) electrons. The van der Waals surface area contributed by atoms with Gasteiger partial charge in [0.2, 0.25) is 0 Å². The van der Waals surface area contributed by atoms with Crippen LogP contribution in [0.25, 0.3) is 21.2 Å². The molecular weight excluding hydrogens is 440 g/mol. The molecule has 4 nitrogen and oxygen atoms in total. The zero-order valence-electron chi connectivity index (χ0n) is 19.9. The molecule has 0 aliphatic heterocycles. The predicted octanol–water partition coefficient (Wildman–Crippen LogP) is 6.24. The van der Waals surface area contributed by atoms with Crippen LogP contribution in [0.15, 0.2) is 72.1 Å². The van der Waals surface area contributed by atoms with Crippen LogP contribution < -0.4 is 10.1 Å². The molecule has 34 heavy (non-hydrogen) atoms. The third-order valence-corrected chi connectivity index (χ3v) is 7.47. The highest BCUT2D eigenvalue weighted by atomic mass is 32.1. The molecule has 5 heteroatoms. The first-order chi connectivity index (χ1) is 16.4. The van der Waals surface area contributed by atoms with Gasteiger partial charge >= 0.3 is 0 Å². The van der Waals surface area contributed by atoms with Crippen molar-refractivity contribution in [1.82, 2.24) is 10.2 Å². The highest BCUT2D eigenvalue weighted by molar-refractivity contribution is 7.13. The molecule has 1 aliphatic rings. The average molecular weight is 471 g/mol. The van der Waals surface area contributed by atoms with E-state index in [4.69, 9.17) is 4.74 Å². The number of hydrogen-bond donors (Lipinski definition) is 1. The Hall–Kier alpha value is -3.15. The fraction of sp³-hybridized carbons (Fsp3) is 0.276. The van der Waals surface area contributed by atoms with E-state index >= 15 is 0 Å². The molecule has 1 N–H and O–H groups in total. The topological polar surface area (TPSA) is 41.6 Å². The van der Waals surface area contributed by atoms with Crippen molar-refractivity contribution in [2.75, 3.05) is 27.2 Å². The van der Waals surface area contributed by atoms with Gasteiger partial charge in [-0.25, -0.2) is 0 Å². The van der Waals surface area contributed by atoms with E-state index in [1.807, 2.05) is 39.2 Å². The summed E-state index contributed by atoms with van der Waals surface area (Å²) in [6, 6.07) is 23.0. The van der Waals surface area contributed by atoms with E-state index in [-0.39, 0.29) is 11.4 Å². The first kappa shape index (κ1) is 22.6. The molecule has 1 heterocycles. The quantitative estimate of drug-likeness (QED) is 0.332. The van der Waals surface area contributed by atoms with Gasteiger partial charge in [-0.2, -0.15) is 0 Å². The van der Waals surface area contributed by atoms with Gasteiger partial charge in [0.1, 0.15) is 12.4 Å². The number of ether oxygens (including phenoxy) is 1. The maximum absolute atomic E-state index is 13.5. The van der Waals surface area contributed by atoms with Gasteiger partial charge in [0, 0.05) is 17.0 Å². The number of nitrogens with one attached hydrogen (secondary N) is 1. The van der Waals surface area contributed by atoms with Crippen LogP contribution in [-0.4, -0.2) is 38.1 Å². The number of benzene rings is 3. The molecule has 0 bridgehead atoms. The number of hydrogen-bond acceptors (Lipinski definition) is 4. The number of carbonyl (C=O) groups is 1. The van der Waals surface area contributed by atoms with Crippen molar-refractivity contribution in [1.29, 1.82) is 0 Å². The maximum atomic E-state index is 13.5. The Labute approximate surface area is 205 Å². The van der Waals surface area contributed by atoms with Gasteiger partial charge in [-0.1, -0.05) is 36.4 Å². The van der Waals surface area contributed by atoms with E-state index in [0.717, 1.165) is 30.7 Å². The molecule has 1 amide bonds. The molecule has 0 saturated heterocycles. The second-order valence-corrected chi connectivity index (χ2v) is 10.3. The summed E-state index contributed by atoms with van der Waals surface area (Å²) in [5.41, 5.74) is 3.70. The fourth-order valence-electron chi connectivity index (χ4n) is 4.44. The SMILES string of the molecule is Cc1ccc(OCCN(C)C)cc1C(=O)NC1(c2cc(-c3cccs3)cc3ccccc23)CC1. The number of likely N-dealkylation sites (N-methyl/N-ethyl adjacent to an activating group) is 1. The van der Waals surface area contributed by atoms with E-state index in [9.17, 15) is 4.79 Å². The monoisotopic (exact) mass is 470 g/mol. The number of thiophene rings is 1. The van der Waals surface area contributed by atoms with Gasteiger partial charge in [-0.15, -0.1) is 11.3 Å². The number of rotatable bonds is 8. The fourth-order valence-corrected chi connectivity index (χ4v) is 5.16. The van der Waals surface area contributed by atoms with Crippen LogP contribution in [0.1, 0.15) is 34.3 Å². The molecule has 3 aromatic carbocycles. The number of aryl methyl sites for hydroxylation is 1. The lowest BCUT2D eigenvalue weighted by atomic mass is 9.93. The van der Waals surface area contributed by atoms with Crippen LogP contribution in [0.4, 0.5) is 0 Å². The molecule has 1 saturated carbocycles. The van der Waals surface area contributed by atoms with Gasteiger partial charge < -0.3 is 15.0 Å². The number of amides is 1. The zero-order valence-corrected chi connectivity index (χ0v) is 20.7. The van der Waals surface area contributed by atoms with Crippen molar-refractivity contribution in [3.8, 4) is 16.2 Å². The first-order valence-electron chi connectivity index (χ1n) is 11.7. The molecule has 4 aromatic rings. The normalized spacial score (nSPS) is 14.4. The summed E-state index contributed by atoms with van der Waals surface area (Å²) in [7, 11) is 4.03.